The lowest BCUT2D eigenvalue weighted by Gasteiger charge is -2.11. The summed E-state index contributed by atoms with van der Waals surface area (Å²) < 4.78 is 27.1. The zero-order valence-corrected chi connectivity index (χ0v) is 10.7. The molecule has 4 N–H and O–H groups in total. The van der Waals surface area contributed by atoms with Crippen LogP contribution in [-0.4, -0.2) is 5.91 Å². The Balaban J connectivity index is 2.31. The van der Waals surface area contributed by atoms with E-state index in [4.69, 9.17) is 5.84 Å². The van der Waals surface area contributed by atoms with E-state index in [1.165, 1.54) is 30.3 Å². The van der Waals surface area contributed by atoms with Crippen molar-refractivity contribution < 1.29 is 13.6 Å². The number of nitrogens with one attached hydrogen (secondary N) is 2. The third kappa shape index (κ3) is 2.75. The van der Waals surface area contributed by atoms with Gasteiger partial charge in [-0.2, -0.15) is 0 Å². The number of para-hydroxylation sites is 1. The highest BCUT2D eigenvalue weighted by atomic mass is 19.1. The van der Waals surface area contributed by atoms with Crippen molar-refractivity contribution >= 4 is 17.3 Å². The molecule has 0 aliphatic rings. The van der Waals surface area contributed by atoms with Crippen molar-refractivity contribution in [1.29, 1.82) is 0 Å². The summed E-state index contributed by atoms with van der Waals surface area (Å²) in [6.07, 6.45) is 0. The second kappa shape index (κ2) is 5.66. The molecule has 0 saturated carbocycles. The Kier molecular flexibility index (Phi) is 3.95. The molecule has 4 nitrogen and oxygen atoms in total. The van der Waals surface area contributed by atoms with Crippen LogP contribution in [0, 0.1) is 18.6 Å². The van der Waals surface area contributed by atoms with Gasteiger partial charge in [-0.25, -0.2) is 8.78 Å². The molecule has 20 heavy (non-hydrogen) atoms. The highest BCUT2D eigenvalue weighted by molar-refractivity contribution is 6.08. The van der Waals surface area contributed by atoms with Crippen molar-refractivity contribution in [2.24, 2.45) is 5.84 Å². The van der Waals surface area contributed by atoms with Crippen molar-refractivity contribution in [1.82, 2.24) is 0 Å². The van der Waals surface area contributed by atoms with Gasteiger partial charge in [0.05, 0.1) is 16.9 Å². The summed E-state index contributed by atoms with van der Waals surface area (Å²) >= 11 is 0. The van der Waals surface area contributed by atoms with E-state index < -0.39 is 17.5 Å². The van der Waals surface area contributed by atoms with Crippen molar-refractivity contribution in [3.63, 3.8) is 0 Å². The predicted molar refractivity (Wildman–Crippen MR) is 73.3 cm³/mol. The molecular formula is C14H13F2N3O. The van der Waals surface area contributed by atoms with E-state index in [-0.39, 0.29) is 16.9 Å². The minimum Gasteiger partial charge on any atom is -0.321 e. The topological polar surface area (TPSA) is 67.2 Å². The Hall–Kier alpha value is -2.47. The Labute approximate surface area is 114 Å². The van der Waals surface area contributed by atoms with Crippen LogP contribution in [-0.2, 0) is 0 Å². The van der Waals surface area contributed by atoms with Gasteiger partial charge in [-0.1, -0.05) is 12.1 Å². The lowest BCUT2D eigenvalue weighted by atomic mass is 10.1. The molecule has 104 valence electrons. The third-order valence-electron chi connectivity index (χ3n) is 2.78. The van der Waals surface area contributed by atoms with Crippen molar-refractivity contribution in [2.75, 3.05) is 10.7 Å². The van der Waals surface area contributed by atoms with Crippen LogP contribution in [0.3, 0.4) is 0 Å². The maximum atomic E-state index is 13.7. The van der Waals surface area contributed by atoms with Gasteiger partial charge in [0.1, 0.15) is 11.6 Å². The minimum atomic E-state index is -0.662. The number of halogens is 2. The number of benzene rings is 2. The Morgan fingerprint density at radius 2 is 1.90 bits per heavy atom. The van der Waals surface area contributed by atoms with E-state index in [0.29, 0.717) is 0 Å². The molecule has 0 aliphatic carbocycles. The van der Waals surface area contributed by atoms with Gasteiger partial charge < -0.3 is 10.7 Å². The molecular weight excluding hydrogens is 264 g/mol. The number of amides is 1. The number of carbonyl (C=O) groups excluding carboxylic acids is 1. The zero-order chi connectivity index (χ0) is 14.7. The van der Waals surface area contributed by atoms with E-state index in [1.807, 2.05) is 0 Å². The molecule has 0 aromatic heterocycles. The Morgan fingerprint density at radius 1 is 1.15 bits per heavy atom. The van der Waals surface area contributed by atoms with E-state index >= 15 is 0 Å². The van der Waals surface area contributed by atoms with Crippen LogP contribution in [0.5, 0.6) is 0 Å². The van der Waals surface area contributed by atoms with Crippen molar-refractivity contribution in [2.45, 2.75) is 6.92 Å². The second-order valence-corrected chi connectivity index (χ2v) is 4.24. The number of hydrogen-bond donors (Lipinski definition) is 3. The first-order valence-corrected chi connectivity index (χ1v) is 5.85. The molecule has 6 heteroatoms. The molecule has 0 spiro atoms. The molecule has 1 amide bonds. The maximum absolute atomic E-state index is 13.7. The average Bonchev–Trinajstić information content (AvgIpc) is 2.41. The number of nitrogens with two attached hydrogens (primary N) is 1. The molecule has 0 fully saturated rings. The molecule has 0 heterocycles. The van der Waals surface area contributed by atoms with Crippen LogP contribution >= 0.6 is 0 Å². The normalized spacial score (nSPS) is 10.2. The largest absolute Gasteiger partial charge is 0.321 e. The fourth-order valence-electron chi connectivity index (χ4n) is 1.77. The average molecular weight is 277 g/mol. The lowest BCUT2D eigenvalue weighted by Crippen LogP contribution is -2.19. The third-order valence-corrected chi connectivity index (χ3v) is 2.78. The Morgan fingerprint density at radius 3 is 2.55 bits per heavy atom. The zero-order valence-electron chi connectivity index (χ0n) is 10.7. The number of hydrazine groups is 1. The molecule has 2 rings (SSSR count). The summed E-state index contributed by atoms with van der Waals surface area (Å²) in [5.74, 6) is 3.31. The van der Waals surface area contributed by atoms with Gasteiger partial charge >= 0.3 is 0 Å². The molecule has 0 radical (unpaired) electrons. The lowest BCUT2D eigenvalue weighted by molar-refractivity contribution is 0.102. The highest BCUT2D eigenvalue weighted by Gasteiger charge is 2.15. The Bertz CT molecular complexity index is 659. The summed E-state index contributed by atoms with van der Waals surface area (Å²) in [7, 11) is 0. The van der Waals surface area contributed by atoms with Crippen LogP contribution in [0.25, 0.3) is 0 Å². The summed E-state index contributed by atoms with van der Waals surface area (Å²) in [5.41, 5.74) is 2.73. The second-order valence-electron chi connectivity index (χ2n) is 4.24. The fourth-order valence-corrected chi connectivity index (χ4v) is 1.77. The van der Waals surface area contributed by atoms with Gasteiger partial charge in [0, 0.05) is 0 Å². The van der Waals surface area contributed by atoms with Crippen molar-refractivity contribution in [3.05, 3.63) is 59.2 Å². The van der Waals surface area contributed by atoms with Crippen molar-refractivity contribution in [3.8, 4) is 0 Å². The quantitative estimate of drug-likeness (QED) is 0.597. The van der Waals surface area contributed by atoms with E-state index in [1.54, 1.807) is 13.0 Å². The van der Waals surface area contributed by atoms with Crippen LogP contribution in [0.2, 0.25) is 0 Å². The molecule has 0 aliphatic heterocycles. The first-order valence-electron chi connectivity index (χ1n) is 5.85. The van der Waals surface area contributed by atoms with Gasteiger partial charge in [-0.05, 0) is 36.8 Å². The maximum Gasteiger partial charge on any atom is 0.257 e. The molecule has 0 saturated heterocycles. The van der Waals surface area contributed by atoms with Crippen LogP contribution in [0.1, 0.15) is 15.9 Å². The van der Waals surface area contributed by atoms with Gasteiger partial charge in [0.2, 0.25) is 0 Å². The highest BCUT2D eigenvalue weighted by Crippen LogP contribution is 2.21. The predicted octanol–water partition coefficient (Wildman–Crippen LogP) is 2.81. The first-order chi connectivity index (χ1) is 9.52. The van der Waals surface area contributed by atoms with Gasteiger partial charge in [0.15, 0.2) is 0 Å². The van der Waals surface area contributed by atoms with E-state index in [2.05, 4.69) is 10.7 Å². The molecule has 0 atom stereocenters. The number of rotatable bonds is 3. The van der Waals surface area contributed by atoms with E-state index in [0.717, 1.165) is 5.56 Å². The smallest absolute Gasteiger partial charge is 0.257 e. The number of aryl methyl sites for hydroxylation is 1. The van der Waals surface area contributed by atoms with Gasteiger partial charge in [-0.3, -0.25) is 10.6 Å². The monoisotopic (exact) mass is 277 g/mol. The summed E-state index contributed by atoms with van der Waals surface area (Å²) in [5, 5.41) is 2.38. The molecule has 0 bridgehead atoms. The fraction of sp³-hybridized carbons (Fsp3) is 0.0714. The summed E-state index contributed by atoms with van der Waals surface area (Å²) in [6.45, 7) is 1.73. The number of nitrogen functional groups attached to an aromatic ring is 1. The van der Waals surface area contributed by atoms with Crippen LogP contribution in [0.15, 0.2) is 36.4 Å². The molecule has 2 aromatic rings. The van der Waals surface area contributed by atoms with Gasteiger partial charge in [-0.15, -0.1) is 0 Å². The summed E-state index contributed by atoms with van der Waals surface area (Å²) in [6, 6.07) is 8.32. The number of carbonyl (C=O) groups is 1. The number of anilines is 2. The van der Waals surface area contributed by atoms with Gasteiger partial charge in [0.25, 0.3) is 5.91 Å². The number of hydrogen-bond acceptors (Lipinski definition) is 3. The SMILES string of the molecule is Cc1ccc(NC(=O)c2cccc(F)c2NN)c(F)c1. The standard InChI is InChI=1S/C14H13F2N3O/c1-8-5-6-12(11(16)7-8)18-14(20)9-3-2-4-10(15)13(9)19-17/h2-7,19H,17H2,1H3,(H,18,20). The van der Waals surface area contributed by atoms with Crippen LogP contribution in [0.4, 0.5) is 20.2 Å². The van der Waals surface area contributed by atoms with E-state index in [9.17, 15) is 13.6 Å². The molecule has 0 unspecified atom stereocenters. The first kappa shape index (κ1) is 14.0. The van der Waals surface area contributed by atoms with Crippen LogP contribution < -0.4 is 16.6 Å². The molecule has 2 aromatic carbocycles. The minimum absolute atomic E-state index is 0.00697. The summed E-state index contributed by atoms with van der Waals surface area (Å²) in [4.78, 5) is 12.0.